The van der Waals surface area contributed by atoms with Crippen LogP contribution in [-0.4, -0.2) is 40.6 Å². The van der Waals surface area contributed by atoms with Crippen molar-refractivity contribution in [2.24, 2.45) is 11.8 Å². The maximum Gasteiger partial charge on any atom is 0.321 e. The Morgan fingerprint density at radius 1 is 1.15 bits per heavy atom. The van der Waals surface area contributed by atoms with Crippen molar-refractivity contribution in [1.29, 1.82) is 0 Å². The van der Waals surface area contributed by atoms with Gasteiger partial charge in [-0.3, -0.25) is 14.9 Å². The van der Waals surface area contributed by atoms with Gasteiger partial charge in [-0.15, -0.1) is 11.8 Å². The fraction of sp³-hybridized carbons (Fsp3) is 0.769. The highest BCUT2D eigenvalue weighted by molar-refractivity contribution is 8.01. The van der Waals surface area contributed by atoms with E-state index in [9.17, 15) is 14.4 Å². The van der Waals surface area contributed by atoms with E-state index >= 15 is 0 Å². The largest absolute Gasteiger partial charge is 0.480 e. The summed E-state index contributed by atoms with van der Waals surface area (Å²) in [6.45, 7) is 8.15. The SMILES string of the molecule is CC(C)CCNC(=O)NC(=O)CSC(C(=O)O)C(C)C. The lowest BCUT2D eigenvalue weighted by Gasteiger charge is -2.15. The molecule has 0 aliphatic heterocycles. The number of aliphatic carboxylic acids is 1. The number of hydrogen-bond donors (Lipinski definition) is 3. The van der Waals surface area contributed by atoms with Crippen molar-refractivity contribution in [3.63, 3.8) is 0 Å². The zero-order valence-electron chi connectivity index (χ0n) is 12.4. The van der Waals surface area contributed by atoms with Crippen molar-refractivity contribution in [2.45, 2.75) is 39.4 Å². The summed E-state index contributed by atoms with van der Waals surface area (Å²) in [6.07, 6.45) is 0.838. The molecule has 20 heavy (non-hydrogen) atoms. The van der Waals surface area contributed by atoms with Gasteiger partial charge in [0.1, 0.15) is 5.25 Å². The number of amides is 3. The molecule has 0 spiro atoms. The zero-order chi connectivity index (χ0) is 15.7. The second-order valence-electron chi connectivity index (χ2n) is 5.30. The number of hydrogen-bond acceptors (Lipinski definition) is 4. The van der Waals surface area contributed by atoms with E-state index in [0.717, 1.165) is 18.2 Å². The van der Waals surface area contributed by atoms with Crippen LogP contribution in [0.4, 0.5) is 4.79 Å². The van der Waals surface area contributed by atoms with E-state index < -0.39 is 23.2 Å². The van der Waals surface area contributed by atoms with Crippen LogP contribution in [0, 0.1) is 11.8 Å². The van der Waals surface area contributed by atoms with E-state index in [1.807, 2.05) is 13.8 Å². The van der Waals surface area contributed by atoms with Gasteiger partial charge in [0.2, 0.25) is 5.91 Å². The maximum atomic E-state index is 11.5. The van der Waals surface area contributed by atoms with Crippen molar-refractivity contribution in [1.82, 2.24) is 10.6 Å². The van der Waals surface area contributed by atoms with Crippen LogP contribution in [0.25, 0.3) is 0 Å². The first-order chi connectivity index (χ1) is 9.23. The monoisotopic (exact) mass is 304 g/mol. The van der Waals surface area contributed by atoms with E-state index in [-0.39, 0.29) is 11.7 Å². The first kappa shape index (κ1) is 18.8. The molecule has 0 radical (unpaired) electrons. The highest BCUT2D eigenvalue weighted by Crippen LogP contribution is 2.19. The maximum absolute atomic E-state index is 11.5. The number of rotatable bonds is 8. The number of carbonyl (C=O) groups excluding carboxylic acids is 2. The predicted molar refractivity (Wildman–Crippen MR) is 79.7 cm³/mol. The average molecular weight is 304 g/mol. The van der Waals surface area contributed by atoms with Gasteiger partial charge in [-0.25, -0.2) is 4.79 Å². The minimum atomic E-state index is -0.945. The minimum absolute atomic E-state index is 0.0489. The summed E-state index contributed by atoms with van der Waals surface area (Å²) < 4.78 is 0. The van der Waals surface area contributed by atoms with Crippen molar-refractivity contribution in [3.05, 3.63) is 0 Å². The molecule has 0 bridgehead atoms. The third-order valence-corrected chi connectivity index (χ3v) is 4.04. The first-order valence-electron chi connectivity index (χ1n) is 6.66. The number of carbonyl (C=O) groups is 3. The lowest BCUT2D eigenvalue weighted by molar-refractivity contribution is -0.137. The molecule has 0 aromatic carbocycles. The molecule has 0 saturated carbocycles. The van der Waals surface area contributed by atoms with Crippen LogP contribution < -0.4 is 10.6 Å². The summed E-state index contributed by atoms with van der Waals surface area (Å²) in [7, 11) is 0. The Bertz CT molecular complexity index is 345. The summed E-state index contributed by atoms with van der Waals surface area (Å²) in [5.74, 6) is -1.08. The van der Waals surface area contributed by atoms with Crippen LogP contribution in [0.5, 0.6) is 0 Å². The normalized spacial score (nSPS) is 12.3. The topological polar surface area (TPSA) is 95.5 Å². The highest BCUT2D eigenvalue weighted by atomic mass is 32.2. The van der Waals surface area contributed by atoms with E-state index in [4.69, 9.17) is 5.11 Å². The number of urea groups is 1. The number of thioether (sulfide) groups is 1. The molecule has 0 aromatic rings. The van der Waals surface area contributed by atoms with Crippen molar-refractivity contribution in [2.75, 3.05) is 12.3 Å². The van der Waals surface area contributed by atoms with E-state index in [0.29, 0.717) is 12.5 Å². The molecule has 3 N–H and O–H groups in total. The summed E-state index contributed by atoms with van der Waals surface area (Å²) in [5.41, 5.74) is 0. The molecule has 116 valence electrons. The Labute approximate surface area is 124 Å². The van der Waals surface area contributed by atoms with Crippen LogP contribution in [0.2, 0.25) is 0 Å². The molecule has 0 heterocycles. The summed E-state index contributed by atoms with van der Waals surface area (Å²) in [6, 6.07) is -0.535. The van der Waals surface area contributed by atoms with Crippen LogP contribution >= 0.6 is 11.8 Å². The second kappa shape index (κ2) is 9.63. The fourth-order valence-electron chi connectivity index (χ4n) is 1.40. The molecule has 0 aliphatic rings. The zero-order valence-corrected chi connectivity index (χ0v) is 13.3. The molecule has 0 fully saturated rings. The van der Waals surface area contributed by atoms with Crippen molar-refractivity contribution in [3.8, 4) is 0 Å². The van der Waals surface area contributed by atoms with Crippen LogP contribution in [-0.2, 0) is 9.59 Å². The standard InChI is InChI=1S/C13H24N2O4S/c1-8(2)5-6-14-13(19)15-10(16)7-20-11(9(3)4)12(17)18/h8-9,11H,5-7H2,1-4H3,(H,17,18)(H2,14,15,16,19). The lowest BCUT2D eigenvalue weighted by Crippen LogP contribution is -2.41. The molecular formula is C13H24N2O4S. The van der Waals surface area contributed by atoms with Gasteiger partial charge in [0.25, 0.3) is 0 Å². The summed E-state index contributed by atoms with van der Waals surface area (Å²) in [4.78, 5) is 33.8. The Kier molecular flexibility index (Phi) is 9.03. The molecular weight excluding hydrogens is 280 g/mol. The van der Waals surface area contributed by atoms with Gasteiger partial charge < -0.3 is 10.4 Å². The molecule has 7 heteroatoms. The third-order valence-electron chi connectivity index (χ3n) is 2.50. The number of imide groups is 1. The van der Waals surface area contributed by atoms with Gasteiger partial charge in [-0.05, 0) is 18.3 Å². The van der Waals surface area contributed by atoms with Crippen LogP contribution in [0.1, 0.15) is 34.1 Å². The van der Waals surface area contributed by atoms with Crippen LogP contribution in [0.3, 0.4) is 0 Å². The van der Waals surface area contributed by atoms with E-state index in [2.05, 4.69) is 10.6 Å². The van der Waals surface area contributed by atoms with Gasteiger partial charge in [0.05, 0.1) is 5.75 Å². The Morgan fingerprint density at radius 3 is 2.20 bits per heavy atom. The summed E-state index contributed by atoms with van der Waals surface area (Å²) >= 11 is 1.02. The van der Waals surface area contributed by atoms with Gasteiger partial charge in [-0.1, -0.05) is 27.7 Å². The highest BCUT2D eigenvalue weighted by Gasteiger charge is 2.23. The number of carboxylic acid groups (broad SMARTS) is 1. The average Bonchev–Trinajstić information content (AvgIpc) is 2.27. The molecule has 0 rings (SSSR count). The molecule has 0 saturated heterocycles. The summed E-state index contributed by atoms with van der Waals surface area (Å²) in [5, 5.41) is 13.1. The Hall–Kier alpha value is -1.24. The Morgan fingerprint density at radius 2 is 1.75 bits per heavy atom. The fourth-order valence-corrected chi connectivity index (χ4v) is 2.33. The van der Waals surface area contributed by atoms with Crippen LogP contribution in [0.15, 0.2) is 0 Å². The van der Waals surface area contributed by atoms with Crippen molar-refractivity contribution < 1.29 is 19.5 Å². The first-order valence-corrected chi connectivity index (χ1v) is 7.71. The number of nitrogens with one attached hydrogen (secondary N) is 2. The predicted octanol–water partition coefficient (Wildman–Crippen LogP) is 1.70. The van der Waals surface area contributed by atoms with E-state index in [1.165, 1.54) is 0 Å². The van der Waals surface area contributed by atoms with Gasteiger partial charge in [0, 0.05) is 6.54 Å². The molecule has 6 nitrogen and oxygen atoms in total. The number of carboxylic acids is 1. The van der Waals surface area contributed by atoms with Gasteiger partial charge in [-0.2, -0.15) is 0 Å². The van der Waals surface area contributed by atoms with Gasteiger partial charge in [0.15, 0.2) is 0 Å². The second-order valence-corrected chi connectivity index (χ2v) is 6.43. The molecule has 1 atom stereocenters. The third kappa shape index (κ3) is 8.79. The smallest absolute Gasteiger partial charge is 0.321 e. The molecule has 0 aliphatic carbocycles. The van der Waals surface area contributed by atoms with Crippen molar-refractivity contribution >= 4 is 29.7 Å². The minimum Gasteiger partial charge on any atom is -0.480 e. The molecule has 3 amide bonds. The molecule has 1 unspecified atom stereocenters. The lowest BCUT2D eigenvalue weighted by atomic mass is 10.1. The quantitative estimate of drug-likeness (QED) is 0.634. The van der Waals surface area contributed by atoms with E-state index in [1.54, 1.807) is 13.8 Å². The Balaban J connectivity index is 3.98. The molecule has 0 aromatic heterocycles. The van der Waals surface area contributed by atoms with Gasteiger partial charge >= 0.3 is 12.0 Å².